The normalized spacial score (nSPS) is 32.2. The number of thiophene rings is 1. The minimum absolute atomic E-state index is 0.613. The molecular weight excluding hydrogens is 306 g/mol. The van der Waals surface area contributed by atoms with Crippen LogP contribution < -0.4 is 5.32 Å². The molecule has 1 saturated carbocycles. The molecule has 3 atom stereocenters. The number of nitrogens with one attached hydrogen (secondary N) is 1. The molecule has 2 aliphatic rings. The quantitative estimate of drug-likeness (QED) is 0.800. The predicted octanol–water partition coefficient (Wildman–Crippen LogP) is 5.06. The van der Waals surface area contributed by atoms with E-state index < -0.39 is 0 Å². The minimum atomic E-state index is 0.613. The van der Waals surface area contributed by atoms with Crippen molar-refractivity contribution in [1.82, 2.24) is 5.32 Å². The molecule has 3 unspecified atom stereocenters. The molecule has 1 fully saturated rings. The van der Waals surface area contributed by atoms with E-state index in [1.165, 1.54) is 48.7 Å². The van der Waals surface area contributed by atoms with Gasteiger partial charge in [0, 0.05) is 17.0 Å². The van der Waals surface area contributed by atoms with Crippen LogP contribution in [0, 0.1) is 5.92 Å². The maximum atomic E-state index is 3.96. The summed E-state index contributed by atoms with van der Waals surface area (Å²) in [5.41, 5.74) is 1.58. The Morgan fingerprint density at radius 3 is 2.89 bits per heavy atom. The third-order valence-electron chi connectivity index (χ3n) is 4.61. The van der Waals surface area contributed by atoms with Gasteiger partial charge in [-0.25, -0.2) is 0 Å². The van der Waals surface area contributed by atoms with Crippen molar-refractivity contribution in [3.05, 3.63) is 20.3 Å². The summed E-state index contributed by atoms with van der Waals surface area (Å²) >= 11 is 5.58. The van der Waals surface area contributed by atoms with Crippen LogP contribution in [0.1, 0.15) is 61.9 Å². The van der Waals surface area contributed by atoms with Gasteiger partial charge in [-0.05, 0) is 65.6 Å². The van der Waals surface area contributed by atoms with Gasteiger partial charge in [0.15, 0.2) is 0 Å². The summed E-state index contributed by atoms with van der Waals surface area (Å²) in [5, 5.41) is 3.96. The van der Waals surface area contributed by atoms with Crippen molar-refractivity contribution in [2.24, 2.45) is 5.92 Å². The molecule has 0 amide bonds. The van der Waals surface area contributed by atoms with Crippen molar-refractivity contribution in [2.45, 2.75) is 64.0 Å². The molecule has 0 spiro atoms. The first-order valence-electron chi connectivity index (χ1n) is 7.28. The highest BCUT2D eigenvalue weighted by atomic mass is 79.9. The molecule has 0 bridgehead atoms. The second-order valence-corrected chi connectivity index (χ2v) is 8.42. The number of rotatable bonds is 2. The van der Waals surface area contributed by atoms with Gasteiger partial charge in [-0.1, -0.05) is 19.8 Å². The van der Waals surface area contributed by atoms with Gasteiger partial charge in [-0.2, -0.15) is 0 Å². The molecule has 100 valence electrons. The first-order chi connectivity index (χ1) is 8.74. The molecule has 2 aliphatic carbocycles. The van der Waals surface area contributed by atoms with Crippen LogP contribution in [0.15, 0.2) is 9.85 Å². The molecule has 0 radical (unpaired) electrons. The minimum Gasteiger partial charge on any atom is -0.307 e. The fourth-order valence-electron chi connectivity index (χ4n) is 3.52. The summed E-state index contributed by atoms with van der Waals surface area (Å²) < 4.78 is 1.30. The topological polar surface area (TPSA) is 12.0 Å². The van der Waals surface area contributed by atoms with Crippen LogP contribution in [0.3, 0.4) is 0 Å². The van der Waals surface area contributed by atoms with Crippen molar-refractivity contribution in [2.75, 3.05) is 0 Å². The third kappa shape index (κ3) is 2.68. The van der Waals surface area contributed by atoms with Gasteiger partial charge in [0.2, 0.25) is 0 Å². The van der Waals surface area contributed by atoms with E-state index in [9.17, 15) is 0 Å². The van der Waals surface area contributed by atoms with E-state index in [4.69, 9.17) is 0 Å². The molecule has 3 heteroatoms. The molecule has 3 rings (SSSR count). The van der Waals surface area contributed by atoms with Crippen molar-refractivity contribution >= 4 is 27.3 Å². The zero-order valence-electron chi connectivity index (χ0n) is 11.0. The van der Waals surface area contributed by atoms with Crippen LogP contribution in [-0.4, -0.2) is 6.04 Å². The van der Waals surface area contributed by atoms with E-state index in [-0.39, 0.29) is 0 Å². The Bertz CT molecular complexity index is 415. The lowest BCUT2D eigenvalue weighted by molar-refractivity contribution is 0.250. The van der Waals surface area contributed by atoms with Gasteiger partial charge in [-0.15, -0.1) is 11.3 Å². The molecule has 1 aromatic rings. The van der Waals surface area contributed by atoms with E-state index in [2.05, 4.69) is 34.2 Å². The van der Waals surface area contributed by atoms with E-state index in [1.54, 1.807) is 10.4 Å². The average molecular weight is 328 g/mol. The van der Waals surface area contributed by atoms with Crippen molar-refractivity contribution in [1.29, 1.82) is 0 Å². The Labute approximate surface area is 122 Å². The zero-order valence-corrected chi connectivity index (χ0v) is 13.4. The third-order valence-corrected chi connectivity index (χ3v) is 6.32. The highest BCUT2D eigenvalue weighted by Crippen LogP contribution is 2.39. The van der Waals surface area contributed by atoms with E-state index in [0.717, 1.165) is 12.0 Å². The standard InChI is InChI=1S/C15H22BrNS/c1-10-5-2-3-6-12(10)17-13-7-4-8-14-11(13)9-15(16)18-14/h9-10,12-13,17H,2-8H2,1H3. The fourth-order valence-corrected chi connectivity index (χ4v) is 5.34. The summed E-state index contributed by atoms with van der Waals surface area (Å²) in [4.78, 5) is 1.61. The Balaban J connectivity index is 1.73. The predicted molar refractivity (Wildman–Crippen MR) is 82.3 cm³/mol. The maximum Gasteiger partial charge on any atom is 0.0704 e. The van der Waals surface area contributed by atoms with Gasteiger partial charge in [-0.3, -0.25) is 0 Å². The maximum absolute atomic E-state index is 3.96. The molecule has 1 aromatic heterocycles. The first kappa shape index (κ1) is 13.1. The molecule has 0 aromatic carbocycles. The highest BCUT2D eigenvalue weighted by molar-refractivity contribution is 9.11. The van der Waals surface area contributed by atoms with E-state index in [0.29, 0.717) is 6.04 Å². The van der Waals surface area contributed by atoms with Crippen molar-refractivity contribution in [3.63, 3.8) is 0 Å². The molecule has 1 heterocycles. The average Bonchev–Trinajstić information content (AvgIpc) is 2.73. The highest BCUT2D eigenvalue weighted by Gasteiger charge is 2.28. The smallest absolute Gasteiger partial charge is 0.0704 e. The van der Waals surface area contributed by atoms with Gasteiger partial charge >= 0.3 is 0 Å². The lowest BCUT2D eigenvalue weighted by Gasteiger charge is -2.35. The summed E-state index contributed by atoms with van der Waals surface area (Å²) in [7, 11) is 0. The number of hydrogen-bond donors (Lipinski definition) is 1. The SMILES string of the molecule is CC1CCCCC1NC1CCCc2sc(Br)cc21. The summed E-state index contributed by atoms with van der Waals surface area (Å²) in [6.45, 7) is 2.42. The lowest BCUT2D eigenvalue weighted by atomic mass is 9.84. The van der Waals surface area contributed by atoms with Gasteiger partial charge < -0.3 is 5.32 Å². The molecule has 0 aliphatic heterocycles. The Morgan fingerprint density at radius 2 is 2.06 bits per heavy atom. The van der Waals surface area contributed by atoms with Crippen LogP contribution in [-0.2, 0) is 6.42 Å². The second-order valence-electron chi connectivity index (χ2n) is 5.91. The van der Waals surface area contributed by atoms with E-state index in [1.807, 2.05) is 11.3 Å². The zero-order chi connectivity index (χ0) is 12.5. The largest absolute Gasteiger partial charge is 0.307 e. The molecule has 18 heavy (non-hydrogen) atoms. The number of fused-ring (bicyclic) bond motifs is 1. The number of hydrogen-bond acceptors (Lipinski definition) is 2. The van der Waals surface area contributed by atoms with Crippen LogP contribution in [0.25, 0.3) is 0 Å². The lowest BCUT2D eigenvalue weighted by Crippen LogP contribution is -2.40. The van der Waals surface area contributed by atoms with Crippen LogP contribution in [0.2, 0.25) is 0 Å². The van der Waals surface area contributed by atoms with Crippen LogP contribution in [0.4, 0.5) is 0 Å². The fraction of sp³-hybridized carbons (Fsp3) is 0.733. The second kappa shape index (κ2) is 5.64. The van der Waals surface area contributed by atoms with Crippen LogP contribution in [0.5, 0.6) is 0 Å². The molecule has 1 N–H and O–H groups in total. The van der Waals surface area contributed by atoms with Gasteiger partial charge in [0.1, 0.15) is 0 Å². The number of halogens is 1. The number of aryl methyl sites for hydroxylation is 1. The summed E-state index contributed by atoms with van der Waals surface area (Å²) in [5.74, 6) is 0.853. The van der Waals surface area contributed by atoms with E-state index >= 15 is 0 Å². The molecule has 1 nitrogen and oxygen atoms in total. The Morgan fingerprint density at radius 1 is 1.22 bits per heavy atom. The Kier molecular flexibility index (Phi) is 4.12. The summed E-state index contributed by atoms with van der Waals surface area (Å²) in [6.07, 6.45) is 9.57. The molecular formula is C15H22BrNS. The summed E-state index contributed by atoms with van der Waals surface area (Å²) in [6, 6.07) is 3.71. The van der Waals surface area contributed by atoms with Crippen molar-refractivity contribution in [3.8, 4) is 0 Å². The van der Waals surface area contributed by atoms with Gasteiger partial charge in [0.05, 0.1) is 3.79 Å². The van der Waals surface area contributed by atoms with Crippen molar-refractivity contribution < 1.29 is 0 Å². The monoisotopic (exact) mass is 327 g/mol. The van der Waals surface area contributed by atoms with Crippen LogP contribution >= 0.6 is 27.3 Å². The molecule has 0 saturated heterocycles. The first-order valence-corrected chi connectivity index (χ1v) is 8.89. The van der Waals surface area contributed by atoms with Gasteiger partial charge in [0.25, 0.3) is 0 Å². The Hall–Kier alpha value is 0.140.